The number of benzene rings is 2. The highest BCUT2D eigenvalue weighted by molar-refractivity contribution is 7.92. The third kappa shape index (κ3) is 4.73. The van der Waals surface area contributed by atoms with Crippen molar-refractivity contribution in [2.75, 3.05) is 10.5 Å². The molecule has 0 saturated heterocycles. The molecule has 0 aliphatic heterocycles. The van der Waals surface area contributed by atoms with Gasteiger partial charge in [-0.05, 0) is 36.2 Å². The van der Waals surface area contributed by atoms with Crippen molar-refractivity contribution >= 4 is 26.6 Å². The van der Waals surface area contributed by atoms with E-state index in [9.17, 15) is 8.42 Å². The molecule has 3 rings (SSSR count). The van der Waals surface area contributed by atoms with E-state index in [1.54, 1.807) is 18.3 Å². The maximum absolute atomic E-state index is 12.0. The molecule has 1 heterocycles. The number of aromatic nitrogens is 1. The first-order valence-electron chi connectivity index (χ1n) is 8.63. The number of fused-ring (bicyclic) bond motifs is 1. The number of sulfonamides is 1. The molecule has 0 bridgehead atoms. The summed E-state index contributed by atoms with van der Waals surface area (Å²) >= 11 is 0. The van der Waals surface area contributed by atoms with Crippen molar-refractivity contribution in [1.82, 2.24) is 4.98 Å². The number of anilines is 1. The molecule has 0 fully saturated rings. The number of pyridine rings is 1. The summed E-state index contributed by atoms with van der Waals surface area (Å²) in [6.45, 7) is 2.30. The summed E-state index contributed by atoms with van der Waals surface area (Å²) < 4.78 is 32.6. The van der Waals surface area contributed by atoms with Crippen molar-refractivity contribution in [3.8, 4) is 5.75 Å². The molecule has 6 heteroatoms. The lowest BCUT2D eigenvalue weighted by Gasteiger charge is -2.11. The molecule has 0 aliphatic carbocycles. The number of hydrogen-bond acceptors (Lipinski definition) is 4. The Bertz CT molecular complexity index is 982. The highest BCUT2D eigenvalue weighted by Gasteiger charge is 2.10. The van der Waals surface area contributed by atoms with Gasteiger partial charge in [-0.1, -0.05) is 43.7 Å². The van der Waals surface area contributed by atoms with E-state index in [1.165, 1.54) is 0 Å². The number of nitrogens with zero attached hydrogens (tertiary/aromatic N) is 1. The molecule has 2 aromatic carbocycles. The highest BCUT2D eigenvalue weighted by atomic mass is 32.2. The molecule has 0 radical (unpaired) electrons. The monoisotopic (exact) mass is 370 g/mol. The molecule has 136 valence electrons. The van der Waals surface area contributed by atoms with Gasteiger partial charge in [0, 0.05) is 17.3 Å². The summed E-state index contributed by atoms with van der Waals surface area (Å²) in [4.78, 5) is 4.37. The largest absolute Gasteiger partial charge is 0.487 e. The van der Waals surface area contributed by atoms with Crippen molar-refractivity contribution in [2.45, 2.75) is 26.4 Å². The van der Waals surface area contributed by atoms with Gasteiger partial charge in [0.05, 0.1) is 5.75 Å². The van der Waals surface area contributed by atoms with Crippen LogP contribution in [0.5, 0.6) is 5.75 Å². The molecule has 0 amide bonds. The van der Waals surface area contributed by atoms with E-state index < -0.39 is 10.0 Å². The molecular formula is C20H22N2O3S. The third-order valence-electron chi connectivity index (χ3n) is 3.96. The van der Waals surface area contributed by atoms with Crippen molar-refractivity contribution in [3.05, 3.63) is 66.4 Å². The second kappa shape index (κ2) is 8.19. The van der Waals surface area contributed by atoms with E-state index in [0.29, 0.717) is 24.5 Å². The minimum absolute atomic E-state index is 0.131. The first-order valence-corrected chi connectivity index (χ1v) is 10.3. The van der Waals surface area contributed by atoms with Crippen LogP contribution in [0.4, 0.5) is 5.69 Å². The molecule has 0 saturated carbocycles. The van der Waals surface area contributed by atoms with Gasteiger partial charge in [0.15, 0.2) is 0 Å². The molecule has 1 N–H and O–H groups in total. The third-order valence-corrected chi connectivity index (χ3v) is 5.33. The van der Waals surface area contributed by atoms with E-state index in [-0.39, 0.29) is 5.75 Å². The zero-order chi connectivity index (χ0) is 18.4. The lowest BCUT2D eigenvalue weighted by Crippen LogP contribution is -2.16. The molecule has 0 atom stereocenters. The Morgan fingerprint density at radius 1 is 1.08 bits per heavy atom. The van der Waals surface area contributed by atoms with Gasteiger partial charge in [0.25, 0.3) is 0 Å². The van der Waals surface area contributed by atoms with E-state index in [0.717, 1.165) is 22.9 Å². The van der Waals surface area contributed by atoms with Crippen LogP contribution in [0.25, 0.3) is 10.9 Å². The minimum atomic E-state index is -3.31. The van der Waals surface area contributed by atoms with Gasteiger partial charge in [-0.15, -0.1) is 0 Å². The number of unbranched alkanes of at least 4 members (excludes halogenated alkanes) is 1. The maximum atomic E-state index is 12.0. The van der Waals surface area contributed by atoms with Crippen LogP contribution >= 0.6 is 0 Å². The summed E-state index contributed by atoms with van der Waals surface area (Å²) in [6.07, 6.45) is 3.22. The zero-order valence-corrected chi connectivity index (χ0v) is 15.5. The van der Waals surface area contributed by atoms with Crippen LogP contribution in [0, 0.1) is 0 Å². The molecule has 5 nitrogen and oxygen atoms in total. The van der Waals surface area contributed by atoms with Crippen LogP contribution in [0.15, 0.2) is 60.8 Å². The van der Waals surface area contributed by atoms with E-state index in [4.69, 9.17) is 4.74 Å². The summed E-state index contributed by atoms with van der Waals surface area (Å²) in [6, 6.07) is 16.9. The average Bonchev–Trinajstić information content (AvgIpc) is 2.65. The lowest BCUT2D eigenvalue weighted by molar-refractivity contribution is 0.309. The standard InChI is InChI=1S/C20H22N2O3S/c1-2-3-13-26(23,24)22-18-10-4-7-16(14-18)15-25-19-11-5-8-17-9-6-12-21-20(17)19/h4-12,14,22H,2-3,13,15H2,1H3. The highest BCUT2D eigenvalue weighted by Crippen LogP contribution is 2.24. The fraction of sp³-hybridized carbons (Fsp3) is 0.250. The van der Waals surface area contributed by atoms with Crippen molar-refractivity contribution in [1.29, 1.82) is 0 Å². The summed E-state index contributed by atoms with van der Waals surface area (Å²) in [5.74, 6) is 0.836. The second-order valence-electron chi connectivity index (χ2n) is 6.09. The Morgan fingerprint density at radius 3 is 2.73 bits per heavy atom. The molecule has 0 aliphatic rings. The van der Waals surface area contributed by atoms with Crippen LogP contribution in [-0.4, -0.2) is 19.2 Å². The van der Waals surface area contributed by atoms with Crippen LogP contribution in [0.3, 0.4) is 0 Å². The van der Waals surface area contributed by atoms with Gasteiger partial charge < -0.3 is 4.74 Å². The Morgan fingerprint density at radius 2 is 1.88 bits per heavy atom. The van der Waals surface area contributed by atoms with E-state index in [2.05, 4.69) is 9.71 Å². The Hall–Kier alpha value is -2.60. The van der Waals surface area contributed by atoms with Gasteiger partial charge in [0.1, 0.15) is 17.9 Å². The number of hydrogen-bond donors (Lipinski definition) is 1. The van der Waals surface area contributed by atoms with Gasteiger partial charge >= 0.3 is 0 Å². The second-order valence-corrected chi connectivity index (χ2v) is 7.94. The van der Waals surface area contributed by atoms with Gasteiger partial charge in [-0.2, -0.15) is 0 Å². The fourth-order valence-corrected chi connectivity index (χ4v) is 3.90. The minimum Gasteiger partial charge on any atom is -0.487 e. The molecule has 0 unspecified atom stereocenters. The zero-order valence-electron chi connectivity index (χ0n) is 14.7. The molecule has 0 spiro atoms. The van der Waals surface area contributed by atoms with Crippen LogP contribution < -0.4 is 9.46 Å². The van der Waals surface area contributed by atoms with E-state index >= 15 is 0 Å². The number of rotatable bonds is 8. The van der Waals surface area contributed by atoms with E-state index in [1.807, 2.05) is 49.4 Å². The average molecular weight is 370 g/mol. The molecule has 3 aromatic rings. The van der Waals surface area contributed by atoms with Crippen molar-refractivity contribution < 1.29 is 13.2 Å². The maximum Gasteiger partial charge on any atom is 0.232 e. The Labute approximate surface area is 154 Å². The molecule has 26 heavy (non-hydrogen) atoms. The first kappa shape index (κ1) is 18.2. The lowest BCUT2D eigenvalue weighted by atomic mass is 10.2. The quantitative estimate of drug-likeness (QED) is 0.640. The predicted octanol–water partition coefficient (Wildman–Crippen LogP) is 4.36. The number of ether oxygens (including phenoxy) is 1. The van der Waals surface area contributed by atoms with Crippen LogP contribution in [0.1, 0.15) is 25.3 Å². The Balaban J connectivity index is 1.71. The van der Waals surface area contributed by atoms with Crippen molar-refractivity contribution in [2.24, 2.45) is 0 Å². The molecule has 1 aromatic heterocycles. The predicted molar refractivity (Wildman–Crippen MR) is 105 cm³/mol. The summed E-state index contributed by atoms with van der Waals surface area (Å²) in [5.41, 5.74) is 2.25. The summed E-state index contributed by atoms with van der Waals surface area (Å²) in [5, 5.41) is 1.02. The topological polar surface area (TPSA) is 68.3 Å². The fourth-order valence-electron chi connectivity index (χ4n) is 2.64. The number of nitrogens with one attached hydrogen (secondary N) is 1. The van der Waals surface area contributed by atoms with Gasteiger partial charge in [-0.25, -0.2) is 8.42 Å². The van der Waals surface area contributed by atoms with Crippen LogP contribution in [0.2, 0.25) is 0 Å². The first-order chi connectivity index (χ1) is 12.6. The molecular weight excluding hydrogens is 348 g/mol. The Kier molecular flexibility index (Phi) is 5.73. The van der Waals surface area contributed by atoms with Gasteiger partial charge in [0.2, 0.25) is 10.0 Å². The smallest absolute Gasteiger partial charge is 0.232 e. The number of para-hydroxylation sites is 1. The van der Waals surface area contributed by atoms with Crippen molar-refractivity contribution in [3.63, 3.8) is 0 Å². The normalized spacial score (nSPS) is 11.4. The summed E-state index contributed by atoms with van der Waals surface area (Å²) in [7, 11) is -3.31. The van der Waals surface area contributed by atoms with Crippen LogP contribution in [-0.2, 0) is 16.6 Å². The van der Waals surface area contributed by atoms with Gasteiger partial charge in [-0.3, -0.25) is 9.71 Å². The SMILES string of the molecule is CCCCS(=O)(=O)Nc1cccc(COc2cccc3cccnc23)c1.